The molecule has 2 heterocycles. The third kappa shape index (κ3) is 3.91. The van der Waals surface area contributed by atoms with Crippen molar-refractivity contribution in [1.82, 2.24) is 9.97 Å². The summed E-state index contributed by atoms with van der Waals surface area (Å²) in [7, 11) is 0. The quantitative estimate of drug-likeness (QED) is 0.242. The van der Waals surface area contributed by atoms with Gasteiger partial charge in [0, 0.05) is 20.5 Å². The van der Waals surface area contributed by atoms with Crippen LogP contribution in [-0.4, -0.2) is 9.97 Å². The van der Waals surface area contributed by atoms with Gasteiger partial charge in [-0.25, -0.2) is 4.98 Å². The van der Waals surface area contributed by atoms with Crippen molar-refractivity contribution in [1.29, 1.82) is 0 Å². The fraction of sp³-hybridized carbons (Fsp3) is 0.231. The number of nitrogens with one attached hydrogen (secondary N) is 1. The molecule has 2 aromatic heterocycles. The molecule has 0 fully saturated rings. The number of thiophene rings is 1. The first kappa shape index (κ1) is 22.0. The van der Waals surface area contributed by atoms with Gasteiger partial charge in [0.2, 0.25) is 0 Å². The Labute approximate surface area is 197 Å². The monoisotopic (exact) mass is 462 g/mol. The molecule has 0 radical (unpaired) electrons. The first-order chi connectivity index (χ1) is 14.8. The van der Waals surface area contributed by atoms with Crippen LogP contribution in [0.3, 0.4) is 0 Å². The Balaban J connectivity index is 2.00. The largest absolute Gasteiger partial charge is 0.345 e. The molecule has 5 heteroatoms. The van der Waals surface area contributed by atoms with E-state index in [9.17, 15) is 0 Å². The van der Waals surface area contributed by atoms with Crippen molar-refractivity contribution in [3.8, 4) is 11.3 Å². The Kier molecular flexibility index (Phi) is 5.95. The molecule has 0 unspecified atom stereocenters. The molecular weight excluding hydrogens is 437 g/mol. The molecule has 0 spiro atoms. The molecule has 0 saturated heterocycles. The van der Waals surface area contributed by atoms with E-state index in [0.29, 0.717) is 0 Å². The second-order valence-electron chi connectivity index (χ2n) is 8.59. The van der Waals surface area contributed by atoms with Crippen LogP contribution in [0.2, 0.25) is 0 Å². The molecule has 4 aromatic rings. The van der Waals surface area contributed by atoms with E-state index in [1.54, 1.807) is 29.4 Å². The summed E-state index contributed by atoms with van der Waals surface area (Å²) in [6.45, 7) is 14.8. The Morgan fingerprint density at radius 3 is 2.68 bits per heavy atom. The van der Waals surface area contributed by atoms with Crippen molar-refractivity contribution in [3.63, 3.8) is 0 Å². The van der Waals surface area contributed by atoms with Gasteiger partial charge in [-0.1, -0.05) is 69.5 Å². The summed E-state index contributed by atoms with van der Waals surface area (Å²) in [6.07, 6.45) is 3.90. The van der Waals surface area contributed by atoms with Gasteiger partial charge < -0.3 is 4.98 Å². The van der Waals surface area contributed by atoms with Crippen LogP contribution in [-0.2, 0) is 5.41 Å². The molecule has 0 bridgehead atoms. The summed E-state index contributed by atoms with van der Waals surface area (Å²) in [5.74, 6) is 0. The third-order valence-electron chi connectivity index (χ3n) is 5.56. The molecule has 0 saturated carbocycles. The second kappa shape index (κ2) is 8.38. The van der Waals surface area contributed by atoms with E-state index in [1.807, 2.05) is 5.41 Å². The number of benzene rings is 2. The smallest absolute Gasteiger partial charge is 0.0931 e. The van der Waals surface area contributed by atoms with Gasteiger partial charge in [0.15, 0.2) is 0 Å². The van der Waals surface area contributed by atoms with Gasteiger partial charge >= 0.3 is 0 Å². The fourth-order valence-corrected chi connectivity index (χ4v) is 6.33. The van der Waals surface area contributed by atoms with Crippen LogP contribution in [0.25, 0.3) is 37.1 Å². The lowest BCUT2D eigenvalue weighted by Gasteiger charge is -2.23. The van der Waals surface area contributed by atoms with E-state index in [-0.39, 0.29) is 5.41 Å². The topological polar surface area (TPSA) is 28.7 Å². The minimum Gasteiger partial charge on any atom is -0.345 e. The van der Waals surface area contributed by atoms with Crippen LogP contribution in [0.15, 0.2) is 59.6 Å². The standard InChI is InChI=1S/C26H26N2S3/c1-7-15(3)17-10-12-20-21(24(17)29)23-25(31-20)22(27-14-28-23)16-9-11-19(30-8-2)18(13-16)26(4,5)6/h7-14H,2H2,1,3-6H3,(H,27,28)/b15-7+. The van der Waals surface area contributed by atoms with Gasteiger partial charge in [0.05, 0.1) is 26.7 Å². The van der Waals surface area contributed by atoms with Crippen molar-refractivity contribution in [2.75, 3.05) is 0 Å². The lowest BCUT2D eigenvalue weighted by molar-refractivity contribution is 0.578. The van der Waals surface area contributed by atoms with E-state index in [0.717, 1.165) is 36.9 Å². The highest BCUT2D eigenvalue weighted by Gasteiger charge is 2.21. The minimum absolute atomic E-state index is 0.0221. The fourth-order valence-electron chi connectivity index (χ4n) is 3.81. The highest BCUT2D eigenvalue weighted by atomic mass is 32.2. The van der Waals surface area contributed by atoms with Gasteiger partial charge in [0.25, 0.3) is 0 Å². The summed E-state index contributed by atoms with van der Waals surface area (Å²) < 4.78 is 3.23. The number of H-pyrrole nitrogens is 1. The summed E-state index contributed by atoms with van der Waals surface area (Å²) >= 11 is 9.33. The molecule has 158 valence electrons. The number of rotatable bonds is 4. The van der Waals surface area contributed by atoms with Crippen LogP contribution in [0.4, 0.5) is 0 Å². The zero-order chi connectivity index (χ0) is 22.3. The molecule has 0 amide bonds. The van der Waals surface area contributed by atoms with E-state index in [4.69, 9.17) is 17.2 Å². The van der Waals surface area contributed by atoms with Crippen LogP contribution < -0.4 is 0 Å². The predicted octanol–water partition coefficient (Wildman–Crippen LogP) is 9.13. The van der Waals surface area contributed by atoms with Gasteiger partial charge in [-0.15, -0.1) is 11.3 Å². The number of aromatic amines is 1. The van der Waals surface area contributed by atoms with Gasteiger partial charge in [-0.2, -0.15) is 0 Å². The molecule has 2 nitrogen and oxygen atoms in total. The van der Waals surface area contributed by atoms with Crippen molar-refractivity contribution >= 4 is 61.2 Å². The molecule has 2 aromatic carbocycles. The molecule has 0 aliphatic heterocycles. The van der Waals surface area contributed by atoms with E-state index in [2.05, 4.69) is 82.6 Å². The maximum Gasteiger partial charge on any atom is 0.0931 e. The van der Waals surface area contributed by atoms with E-state index in [1.165, 1.54) is 20.7 Å². The molecule has 31 heavy (non-hydrogen) atoms. The van der Waals surface area contributed by atoms with E-state index >= 15 is 0 Å². The van der Waals surface area contributed by atoms with E-state index < -0.39 is 0 Å². The number of hydrogen-bond acceptors (Lipinski definition) is 4. The lowest BCUT2D eigenvalue weighted by Crippen LogP contribution is -2.12. The number of aromatic nitrogens is 2. The minimum atomic E-state index is 0.0221. The SMILES string of the molecule is C=CSc1ccc(-c2nc[nH]c3c2sc2ccc(/C(C)=C/C)c(=S)c23)cc1C(C)(C)C. The Morgan fingerprint density at radius 1 is 1.23 bits per heavy atom. The number of hydrogen-bond donors (Lipinski definition) is 1. The van der Waals surface area contributed by atoms with Crippen molar-refractivity contribution in [2.24, 2.45) is 0 Å². The summed E-state index contributed by atoms with van der Waals surface area (Å²) in [5.41, 5.74) is 6.84. The Bertz CT molecular complexity index is 1400. The number of fused-ring (bicyclic) bond motifs is 3. The number of thioether (sulfide) groups is 1. The zero-order valence-electron chi connectivity index (χ0n) is 18.5. The third-order valence-corrected chi connectivity index (χ3v) is 7.92. The Hall–Kier alpha value is -2.21. The molecular formula is C26H26N2S3. The first-order valence-corrected chi connectivity index (χ1v) is 12.4. The molecule has 0 aliphatic rings. The summed E-state index contributed by atoms with van der Waals surface area (Å²) in [4.78, 5) is 9.38. The van der Waals surface area contributed by atoms with Crippen LogP contribution in [0.1, 0.15) is 45.7 Å². The lowest BCUT2D eigenvalue weighted by atomic mass is 9.85. The average molecular weight is 463 g/mol. The van der Waals surface area contributed by atoms with Gasteiger partial charge in [-0.3, -0.25) is 0 Å². The number of allylic oxidation sites excluding steroid dienone is 2. The Morgan fingerprint density at radius 2 is 2.00 bits per heavy atom. The van der Waals surface area contributed by atoms with Gasteiger partial charge in [0.1, 0.15) is 0 Å². The summed E-state index contributed by atoms with van der Waals surface area (Å²) in [5, 5.41) is 3.01. The van der Waals surface area contributed by atoms with Gasteiger partial charge in [-0.05, 0) is 59.6 Å². The second-order valence-corrected chi connectivity index (χ2v) is 11.1. The van der Waals surface area contributed by atoms with Crippen molar-refractivity contribution in [2.45, 2.75) is 44.9 Å². The van der Waals surface area contributed by atoms with Crippen LogP contribution in [0, 0.1) is 4.51 Å². The van der Waals surface area contributed by atoms with Crippen molar-refractivity contribution < 1.29 is 0 Å². The number of nitrogens with zero attached hydrogens (tertiary/aromatic N) is 1. The molecule has 0 aliphatic carbocycles. The van der Waals surface area contributed by atoms with Crippen molar-refractivity contribution in [3.05, 3.63) is 70.4 Å². The molecule has 1 N–H and O–H groups in total. The molecule has 4 rings (SSSR count). The molecule has 0 atom stereocenters. The zero-order valence-corrected chi connectivity index (χ0v) is 20.9. The predicted molar refractivity (Wildman–Crippen MR) is 142 cm³/mol. The highest BCUT2D eigenvalue weighted by molar-refractivity contribution is 8.02. The summed E-state index contributed by atoms with van der Waals surface area (Å²) in [6, 6.07) is 11.0. The maximum atomic E-state index is 5.91. The first-order valence-electron chi connectivity index (χ1n) is 10.2. The van der Waals surface area contributed by atoms with Crippen LogP contribution >= 0.6 is 35.3 Å². The maximum absolute atomic E-state index is 5.91. The normalized spacial score (nSPS) is 12.6. The van der Waals surface area contributed by atoms with Crippen LogP contribution in [0.5, 0.6) is 0 Å². The average Bonchev–Trinajstić information content (AvgIpc) is 3.13. The highest BCUT2D eigenvalue weighted by Crippen LogP contribution is 2.41.